The smallest absolute Gasteiger partial charge is 0.281 e. The van der Waals surface area contributed by atoms with Gasteiger partial charge >= 0.3 is 0 Å². The first kappa shape index (κ1) is 15.8. The summed E-state index contributed by atoms with van der Waals surface area (Å²) in [5.74, 6) is -0.331. The standard InChI is InChI=1S/C16H11Cl2N3OS/c1-9(10-4-6-19-7-5-10)20-21-16(22)15-14(18)12-3-2-11(17)8-13(12)23-15/h2-8,20H,1H2,(H,21,22). The van der Waals surface area contributed by atoms with Gasteiger partial charge in [0.05, 0.1) is 10.7 Å². The molecule has 0 spiro atoms. The first-order valence-electron chi connectivity index (χ1n) is 6.59. The summed E-state index contributed by atoms with van der Waals surface area (Å²) in [5, 5.41) is 1.82. The van der Waals surface area contributed by atoms with Crippen LogP contribution in [-0.2, 0) is 0 Å². The molecule has 2 aromatic heterocycles. The van der Waals surface area contributed by atoms with E-state index >= 15 is 0 Å². The summed E-state index contributed by atoms with van der Waals surface area (Å²) in [6, 6.07) is 8.91. The van der Waals surface area contributed by atoms with Crippen molar-refractivity contribution < 1.29 is 4.79 Å². The lowest BCUT2D eigenvalue weighted by molar-refractivity contribution is 0.0947. The molecule has 0 aliphatic carbocycles. The predicted octanol–water partition coefficient (Wildman–Crippen LogP) is 4.51. The molecule has 0 atom stereocenters. The zero-order valence-electron chi connectivity index (χ0n) is 11.8. The zero-order valence-corrected chi connectivity index (χ0v) is 14.1. The van der Waals surface area contributed by atoms with Crippen molar-refractivity contribution in [1.82, 2.24) is 15.8 Å². The van der Waals surface area contributed by atoms with Crippen LogP contribution in [0.4, 0.5) is 0 Å². The fourth-order valence-corrected chi connectivity index (χ4v) is 3.69. The maximum Gasteiger partial charge on any atom is 0.281 e. The summed E-state index contributed by atoms with van der Waals surface area (Å²) < 4.78 is 0.862. The molecule has 0 fully saturated rings. The van der Waals surface area contributed by atoms with E-state index in [1.165, 1.54) is 11.3 Å². The van der Waals surface area contributed by atoms with Gasteiger partial charge < -0.3 is 0 Å². The normalized spacial score (nSPS) is 10.5. The maximum absolute atomic E-state index is 12.3. The molecule has 0 saturated heterocycles. The first-order chi connectivity index (χ1) is 11.1. The van der Waals surface area contributed by atoms with Crippen LogP contribution in [0.15, 0.2) is 49.3 Å². The molecule has 116 valence electrons. The Bertz CT molecular complexity index is 893. The molecular weight excluding hydrogens is 353 g/mol. The van der Waals surface area contributed by atoms with Gasteiger partial charge in [0.25, 0.3) is 5.91 Å². The van der Waals surface area contributed by atoms with E-state index in [9.17, 15) is 4.79 Å². The lowest BCUT2D eigenvalue weighted by Gasteiger charge is -2.10. The summed E-state index contributed by atoms with van der Waals surface area (Å²) in [6.45, 7) is 3.87. The summed E-state index contributed by atoms with van der Waals surface area (Å²) >= 11 is 13.5. The molecule has 1 aromatic carbocycles. The van der Waals surface area contributed by atoms with Gasteiger partial charge in [-0.15, -0.1) is 11.3 Å². The summed E-state index contributed by atoms with van der Waals surface area (Å²) in [7, 11) is 0. The van der Waals surface area contributed by atoms with Crippen molar-refractivity contribution in [3.05, 3.63) is 69.8 Å². The van der Waals surface area contributed by atoms with Crippen molar-refractivity contribution in [1.29, 1.82) is 0 Å². The number of benzene rings is 1. The molecule has 0 bridgehead atoms. The lowest BCUT2D eigenvalue weighted by atomic mass is 10.2. The van der Waals surface area contributed by atoms with Gasteiger partial charge in [-0.1, -0.05) is 35.8 Å². The minimum absolute atomic E-state index is 0.331. The number of aromatic nitrogens is 1. The highest BCUT2D eigenvalue weighted by Gasteiger charge is 2.17. The highest BCUT2D eigenvalue weighted by atomic mass is 35.5. The SMILES string of the molecule is C=C(NNC(=O)c1sc2cc(Cl)ccc2c1Cl)c1ccncc1. The monoisotopic (exact) mass is 363 g/mol. The summed E-state index contributed by atoms with van der Waals surface area (Å²) in [5.41, 5.74) is 6.76. The third kappa shape index (κ3) is 3.32. The van der Waals surface area contributed by atoms with Crippen LogP contribution in [0, 0.1) is 0 Å². The minimum atomic E-state index is -0.331. The Morgan fingerprint density at radius 2 is 1.87 bits per heavy atom. The van der Waals surface area contributed by atoms with E-state index in [0.29, 0.717) is 20.6 Å². The number of halogens is 2. The number of nitrogens with zero attached hydrogens (tertiary/aromatic N) is 1. The van der Waals surface area contributed by atoms with E-state index in [1.807, 2.05) is 0 Å². The highest BCUT2D eigenvalue weighted by molar-refractivity contribution is 7.21. The topological polar surface area (TPSA) is 54.0 Å². The molecule has 4 nitrogen and oxygen atoms in total. The number of hydrogen-bond donors (Lipinski definition) is 2. The Morgan fingerprint density at radius 3 is 2.61 bits per heavy atom. The van der Waals surface area contributed by atoms with Gasteiger partial charge in [0.15, 0.2) is 0 Å². The summed E-state index contributed by atoms with van der Waals surface area (Å²) in [4.78, 5) is 16.7. The maximum atomic E-state index is 12.3. The lowest BCUT2D eigenvalue weighted by Crippen LogP contribution is -2.35. The van der Waals surface area contributed by atoms with Gasteiger partial charge in [0, 0.05) is 33.1 Å². The largest absolute Gasteiger partial charge is 0.298 e. The molecule has 0 aliphatic rings. The molecular formula is C16H11Cl2N3OS. The fraction of sp³-hybridized carbons (Fsp3) is 0. The number of hydrogen-bond acceptors (Lipinski definition) is 4. The number of amides is 1. The Kier molecular flexibility index (Phi) is 4.52. The second-order valence-corrected chi connectivity index (χ2v) is 6.55. The Balaban J connectivity index is 1.76. The second kappa shape index (κ2) is 6.58. The van der Waals surface area contributed by atoms with Crippen LogP contribution in [-0.4, -0.2) is 10.9 Å². The molecule has 0 radical (unpaired) electrons. The summed E-state index contributed by atoms with van der Waals surface area (Å²) in [6.07, 6.45) is 3.30. The van der Waals surface area contributed by atoms with Gasteiger partial charge in [-0.2, -0.15) is 0 Å². The molecule has 1 amide bonds. The first-order valence-corrected chi connectivity index (χ1v) is 8.16. The fourth-order valence-electron chi connectivity index (χ4n) is 2.00. The van der Waals surface area contributed by atoms with Crippen molar-refractivity contribution >= 4 is 56.2 Å². The van der Waals surface area contributed by atoms with Crippen molar-refractivity contribution in [2.45, 2.75) is 0 Å². The van der Waals surface area contributed by atoms with Crippen molar-refractivity contribution in [3.8, 4) is 0 Å². The van der Waals surface area contributed by atoms with E-state index < -0.39 is 0 Å². The zero-order chi connectivity index (χ0) is 16.4. The average molecular weight is 364 g/mol. The van der Waals surface area contributed by atoms with Crippen molar-refractivity contribution in [2.24, 2.45) is 0 Å². The van der Waals surface area contributed by atoms with E-state index in [0.717, 1.165) is 15.6 Å². The number of fused-ring (bicyclic) bond motifs is 1. The molecule has 7 heteroatoms. The molecule has 0 aliphatic heterocycles. The third-order valence-electron chi connectivity index (χ3n) is 3.15. The van der Waals surface area contributed by atoms with E-state index in [4.69, 9.17) is 23.2 Å². The van der Waals surface area contributed by atoms with Crippen molar-refractivity contribution in [3.63, 3.8) is 0 Å². The number of thiophene rings is 1. The Hall–Kier alpha value is -2.08. The van der Waals surface area contributed by atoms with Gasteiger partial charge in [-0.3, -0.25) is 20.6 Å². The molecule has 0 unspecified atom stereocenters. The molecule has 2 heterocycles. The third-order valence-corrected chi connectivity index (χ3v) is 5.04. The minimum Gasteiger partial charge on any atom is -0.298 e. The Labute approximate surface area is 146 Å². The van der Waals surface area contributed by atoms with Crippen LogP contribution < -0.4 is 10.9 Å². The van der Waals surface area contributed by atoms with Crippen LogP contribution in [0.3, 0.4) is 0 Å². The van der Waals surface area contributed by atoms with Crippen LogP contribution in [0.5, 0.6) is 0 Å². The molecule has 0 saturated carbocycles. The number of carbonyl (C=O) groups is 1. The molecule has 3 aromatic rings. The van der Waals surface area contributed by atoms with Gasteiger partial charge in [0.1, 0.15) is 4.88 Å². The van der Waals surface area contributed by atoms with Gasteiger partial charge in [-0.05, 0) is 24.3 Å². The van der Waals surface area contributed by atoms with Gasteiger partial charge in [0.2, 0.25) is 0 Å². The number of carbonyl (C=O) groups excluding carboxylic acids is 1. The number of rotatable bonds is 4. The predicted molar refractivity (Wildman–Crippen MR) is 95.7 cm³/mol. The molecule has 23 heavy (non-hydrogen) atoms. The van der Waals surface area contributed by atoms with Crippen molar-refractivity contribution in [2.75, 3.05) is 0 Å². The van der Waals surface area contributed by atoms with E-state index in [2.05, 4.69) is 22.4 Å². The Morgan fingerprint density at radius 1 is 1.13 bits per heavy atom. The number of hydrazine groups is 1. The molecule has 3 rings (SSSR count). The second-order valence-electron chi connectivity index (χ2n) is 4.68. The van der Waals surface area contributed by atoms with Crippen LogP contribution in [0.2, 0.25) is 10.0 Å². The van der Waals surface area contributed by atoms with Crippen LogP contribution in [0.1, 0.15) is 15.2 Å². The van der Waals surface area contributed by atoms with E-state index in [1.54, 1.807) is 42.7 Å². The average Bonchev–Trinajstić information content (AvgIpc) is 2.89. The van der Waals surface area contributed by atoms with E-state index in [-0.39, 0.29) is 5.91 Å². The molecule has 2 N–H and O–H groups in total. The number of pyridine rings is 1. The number of nitrogens with one attached hydrogen (secondary N) is 2. The quantitative estimate of drug-likeness (QED) is 0.670. The van der Waals surface area contributed by atoms with Gasteiger partial charge in [-0.25, -0.2) is 0 Å². The highest BCUT2D eigenvalue weighted by Crippen LogP contribution is 2.36. The van der Waals surface area contributed by atoms with Crippen LogP contribution in [0.25, 0.3) is 15.8 Å². The van der Waals surface area contributed by atoms with Crippen LogP contribution >= 0.6 is 34.5 Å².